The van der Waals surface area contributed by atoms with Crippen molar-refractivity contribution < 1.29 is 9.90 Å². The molecule has 0 heterocycles. The molecular weight excluding hydrogens is 196 g/mol. The maximum atomic E-state index is 10.2. The Morgan fingerprint density at radius 3 is 2.70 bits per heavy atom. The molecule has 0 spiro atoms. The van der Waals surface area contributed by atoms with Gasteiger partial charge < -0.3 is 5.11 Å². The van der Waals surface area contributed by atoms with Gasteiger partial charge in [0, 0.05) is 11.8 Å². The minimum Gasteiger partial charge on any atom is -0.481 e. The molecule has 0 saturated heterocycles. The van der Waals surface area contributed by atoms with E-state index in [4.69, 9.17) is 5.11 Å². The number of aliphatic carboxylic acids is 1. The molecule has 0 radical (unpaired) electrons. The second kappa shape index (κ2) is 5.71. The van der Waals surface area contributed by atoms with E-state index in [1.54, 1.807) is 0 Å². The Labute approximate surface area is 69.8 Å². The Balaban J connectivity index is 3.25. The van der Waals surface area contributed by atoms with Gasteiger partial charge in [-0.1, -0.05) is 22.9 Å². The molecular formula is C7H13BrO2. The van der Waals surface area contributed by atoms with Crippen LogP contribution in [0.15, 0.2) is 0 Å². The van der Waals surface area contributed by atoms with E-state index in [1.807, 2.05) is 6.92 Å². The van der Waals surface area contributed by atoms with Crippen molar-refractivity contribution in [2.24, 2.45) is 5.92 Å². The first kappa shape index (κ1) is 9.95. The molecule has 1 atom stereocenters. The monoisotopic (exact) mass is 208 g/mol. The Hall–Kier alpha value is -0.0500. The average Bonchev–Trinajstić information content (AvgIpc) is 1.82. The highest BCUT2D eigenvalue weighted by Crippen LogP contribution is 2.10. The molecule has 0 aromatic heterocycles. The lowest BCUT2D eigenvalue weighted by atomic mass is 10.0. The van der Waals surface area contributed by atoms with Gasteiger partial charge in [-0.2, -0.15) is 0 Å². The van der Waals surface area contributed by atoms with E-state index >= 15 is 0 Å². The molecule has 60 valence electrons. The van der Waals surface area contributed by atoms with Gasteiger partial charge in [-0.3, -0.25) is 4.79 Å². The number of hydrogen-bond donors (Lipinski definition) is 1. The van der Waals surface area contributed by atoms with Crippen LogP contribution in [0.2, 0.25) is 0 Å². The van der Waals surface area contributed by atoms with Crippen LogP contribution in [-0.2, 0) is 4.79 Å². The molecule has 0 aliphatic heterocycles. The van der Waals surface area contributed by atoms with Crippen molar-refractivity contribution in [1.82, 2.24) is 0 Å². The Kier molecular flexibility index (Phi) is 5.69. The zero-order valence-electron chi connectivity index (χ0n) is 6.14. The zero-order valence-corrected chi connectivity index (χ0v) is 7.73. The van der Waals surface area contributed by atoms with Crippen molar-refractivity contribution in [2.75, 3.05) is 5.33 Å². The smallest absolute Gasteiger partial charge is 0.303 e. The molecule has 0 aliphatic rings. The molecule has 1 unspecified atom stereocenters. The molecule has 0 amide bonds. The number of halogens is 1. The van der Waals surface area contributed by atoms with E-state index in [0.29, 0.717) is 12.3 Å². The molecule has 0 aliphatic carbocycles. The minimum atomic E-state index is -0.693. The second-order valence-corrected chi connectivity index (χ2v) is 3.33. The third kappa shape index (κ3) is 6.08. The van der Waals surface area contributed by atoms with Gasteiger partial charge in [-0.25, -0.2) is 0 Å². The third-order valence-electron chi connectivity index (χ3n) is 1.35. The lowest BCUT2D eigenvalue weighted by Crippen LogP contribution is -2.03. The van der Waals surface area contributed by atoms with Gasteiger partial charge in [0.2, 0.25) is 0 Å². The fourth-order valence-electron chi connectivity index (χ4n) is 0.826. The normalized spacial score (nSPS) is 13.0. The second-order valence-electron chi connectivity index (χ2n) is 2.53. The van der Waals surface area contributed by atoms with Crippen LogP contribution in [0.4, 0.5) is 0 Å². The SMILES string of the molecule is CC(CCCBr)CC(=O)O. The van der Waals surface area contributed by atoms with E-state index in [2.05, 4.69) is 15.9 Å². The van der Waals surface area contributed by atoms with E-state index in [9.17, 15) is 4.79 Å². The van der Waals surface area contributed by atoms with Gasteiger partial charge in [0.15, 0.2) is 0 Å². The number of carboxylic acids is 1. The van der Waals surface area contributed by atoms with Crippen LogP contribution in [0.5, 0.6) is 0 Å². The molecule has 0 rings (SSSR count). The van der Waals surface area contributed by atoms with Crippen molar-refractivity contribution >= 4 is 21.9 Å². The highest BCUT2D eigenvalue weighted by Gasteiger charge is 2.05. The van der Waals surface area contributed by atoms with E-state index in [1.165, 1.54) is 0 Å². The molecule has 0 aromatic carbocycles. The predicted molar refractivity (Wildman–Crippen MR) is 44.4 cm³/mol. The van der Waals surface area contributed by atoms with Crippen LogP contribution in [-0.4, -0.2) is 16.4 Å². The first-order chi connectivity index (χ1) is 4.66. The summed E-state index contributed by atoms with van der Waals surface area (Å²) in [7, 11) is 0. The van der Waals surface area contributed by atoms with Crippen molar-refractivity contribution in [2.45, 2.75) is 26.2 Å². The van der Waals surface area contributed by atoms with Crippen LogP contribution in [0.25, 0.3) is 0 Å². The maximum Gasteiger partial charge on any atom is 0.303 e. The fourth-order valence-corrected chi connectivity index (χ4v) is 1.15. The summed E-state index contributed by atoms with van der Waals surface area (Å²) in [4.78, 5) is 10.2. The summed E-state index contributed by atoms with van der Waals surface area (Å²) >= 11 is 3.30. The zero-order chi connectivity index (χ0) is 7.98. The summed E-state index contributed by atoms with van der Waals surface area (Å²) in [5, 5.41) is 9.34. The number of alkyl halides is 1. The van der Waals surface area contributed by atoms with Gasteiger partial charge in [0.1, 0.15) is 0 Å². The molecule has 1 N–H and O–H groups in total. The summed E-state index contributed by atoms with van der Waals surface area (Å²) in [6.45, 7) is 1.97. The number of rotatable bonds is 5. The molecule has 0 bridgehead atoms. The summed E-state index contributed by atoms with van der Waals surface area (Å²) < 4.78 is 0. The molecule has 0 saturated carbocycles. The first-order valence-electron chi connectivity index (χ1n) is 3.44. The van der Waals surface area contributed by atoms with Crippen LogP contribution >= 0.6 is 15.9 Å². The van der Waals surface area contributed by atoms with Crippen LogP contribution in [0.1, 0.15) is 26.2 Å². The highest BCUT2D eigenvalue weighted by molar-refractivity contribution is 9.09. The van der Waals surface area contributed by atoms with Crippen molar-refractivity contribution in [3.63, 3.8) is 0 Å². The summed E-state index contributed by atoms with van der Waals surface area (Å²) in [5.74, 6) is -0.378. The van der Waals surface area contributed by atoms with E-state index in [-0.39, 0.29) is 0 Å². The molecule has 10 heavy (non-hydrogen) atoms. The number of carboxylic acid groups (broad SMARTS) is 1. The maximum absolute atomic E-state index is 10.2. The van der Waals surface area contributed by atoms with Crippen molar-refractivity contribution in [1.29, 1.82) is 0 Å². The van der Waals surface area contributed by atoms with Crippen LogP contribution in [0.3, 0.4) is 0 Å². The molecule has 0 aromatic rings. The topological polar surface area (TPSA) is 37.3 Å². The van der Waals surface area contributed by atoms with Gasteiger partial charge in [-0.15, -0.1) is 0 Å². The Morgan fingerprint density at radius 1 is 1.70 bits per heavy atom. The molecule has 0 fully saturated rings. The van der Waals surface area contributed by atoms with E-state index < -0.39 is 5.97 Å². The van der Waals surface area contributed by atoms with Crippen molar-refractivity contribution in [3.05, 3.63) is 0 Å². The molecule has 3 heteroatoms. The van der Waals surface area contributed by atoms with Gasteiger partial charge >= 0.3 is 5.97 Å². The largest absolute Gasteiger partial charge is 0.481 e. The Morgan fingerprint density at radius 2 is 2.30 bits per heavy atom. The quantitative estimate of drug-likeness (QED) is 0.705. The van der Waals surface area contributed by atoms with Crippen LogP contribution in [0, 0.1) is 5.92 Å². The summed E-state index contributed by atoms with van der Waals surface area (Å²) in [6, 6.07) is 0. The summed E-state index contributed by atoms with van der Waals surface area (Å²) in [5.41, 5.74) is 0. The Bertz CT molecular complexity index is 104. The fraction of sp³-hybridized carbons (Fsp3) is 0.857. The minimum absolute atomic E-state index is 0.299. The van der Waals surface area contributed by atoms with Gasteiger partial charge in [-0.05, 0) is 18.8 Å². The third-order valence-corrected chi connectivity index (χ3v) is 1.91. The lowest BCUT2D eigenvalue weighted by molar-refractivity contribution is -0.138. The summed E-state index contributed by atoms with van der Waals surface area (Å²) in [6.07, 6.45) is 2.36. The molecule has 2 nitrogen and oxygen atoms in total. The number of carbonyl (C=O) groups is 1. The van der Waals surface area contributed by atoms with Gasteiger partial charge in [0.25, 0.3) is 0 Å². The highest BCUT2D eigenvalue weighted by atomic mass is 79.9. The first-order valence-corrected chi connectivity index (χ1v) is 4.56. The van der Waals surface area contributed by atoms with Crippen molar-refractivity contribution in [3.8, 4) is 0 Å². The lowest BCUT2D eigenvalue weighted by Gasteiger charge is -2.05. The number of hydrogen-bond acceptors (Lipinski definition) is 1. The van der Waals surface area contributed by atoms with E-state index in [0.717, 1.165) is 18.2 Å². The predicted octanol–water partition coefficient (Wildman–Crippen LogP) is 2.27. The average molecular weight is 209 g/mol. The van der Waals surface area contributed by atoms with Gasteiger partial charge in [0.05, 0.1) is 0 Å². The van der Waals surface area contributed by atoms with Crippen LogP contribution < -0.4 is 0 Å². The standard InChI is InChI=1S/C7H13BrO2/c1-6(3-2-4-8)5-7(9)10/h6H,2-5H2,1H3,(H,9,10).